The van der Waals surface area contributed by atoms with Crippen LogP contribution in [0.4, 0.5) is 0 Å². The van der Waals surface area contributed by atoms with Gasteiger partial charge in [-0.3, -0.25) is 0 Å². The van der Waals surface area contributed by atoms with E-state index in [2.05, 4.69) is 45.3 Å². The van der Waals surface area contributed by atoms with E-state index in [1.165, 1.54) is 0 Å². The lowest BCUT2D eigenvalue weighted by molar-refractivity contribution is 0.513. The van der Waals surface area contributed by atoms with E-state index in [0.717, 1.165) is 39.4 Å². The van der Waals surface area contributed by atoms with Crippen molar-refractivity contribution in [2.24, 2.45) is 0 Å². The van der Waals surface area contributed by atoms with Crippen molar-refractivity contribution < 1.29 is 0 Å². The van der Waals surface area contributed by atoms with Gasteiger partial charge in [-0.1, -0.05) is 52.7 Å². The zero-order chi connectivity index (χ0) is 14.5. The third kappa shape index (κ3) is 3.79. The average molecular weight is 375 g/mol. The molecule has 3 nitrogen and oxygen atoms in total. The minimum absolute atomic E-state index is 0.285. The van der Waals surface area contributed by atoms with E-state index in [9.17, 15) is 0 Å². The Hall–Kier alpha value is -0.490. The molecule has 6 heteroatoms. The molecule has 0 spiro atoms. The molecule has 108 valence electrons. The number of hydrogen-bond donors (Lipinski definition) is 1. The summed E-state index contributed by atoms with van der Waals surface area (Å²) in [5.41, 5.74) is 1.03. The molecule has 0 saturated heterocycles. The van der Waals surface area contributed by atoms with Gasteiger partial charge < -0.3 is 5.32 Å². The Labute approximate surface area is 136 Å². The molecule has 1 atom stereocenters. The largest absolute Gasteiger partial charge is 0.308 e. The number of hydrogen-bond acceptors (Lipinski definition) is 4. The number of benzene rings is 1. The number of nitrogens with one attached hydrogen (secondary N) is 1. The van der Waals surface area contributed by atoms with Crippen LogP contribution in [0.2, 0.25) is 5.02 Å². The van der Waals surface area contributed by atoms with Crippen LogP contribution in [0, 0.1) is 0 Å². The molecule has 20 heavy (non-hydrogen) atoms. The summed E-state index contributed by atoms with van der Waals surface area (Å²) in [7, 11) is 0. The molecule has 0 aliphatic rings. The van der Waals surface area contributed by atoms with Gasteiger partial charge in [0.1, 0.15) is 10.0 Å². The Morgan fingerprint density at radius 3 is 2.80 bits per heavy atom. The molecular formula is C14H17BrClN3S. The van der Waals surface area contributed by atoms with Crippen LogP contribution in [-0.4, -0.2) is 16.7 Å². The quantitative estimate of drug-likeness (QED) is 0.767. The highest BCUT2D eigenvalue weighted by Crippen LogP contribution is 2.34. The van der Waals surface area contributed by atoms with Crippen LogP contribution < -0.4 is 5.32 Å². The lowest BCUT2D eigenvalue weighted by Gasteiger charge is -2.12. The molecule has 0 amide bonds. The molecular weight excluding hydrogens is 358 g/mol. The van der Waals surface area contributed by atoms with Gasteiger partial charge in [0.25, 0.3) is 0 Å². The third-order valence-electron chi connectivity index (χ3n) is 2.95. The van der Waals surface area contributed by atoms with Crippen LogP contribution in [0.5, 0.6) is 0 Å². The van der Waals surface area contributed by atoms with Crippen molar-refractivity contribution >= 4 is 38.9 Å². The van der Waals surface area contributed by atoms with Crippen LogP contribution in [0.1, 0.15) is 37.7 Å². The van der Waals surface area contributed by atoms with Crippen molar-refractivity contribution in [3.05, 3.63) is 32.7 Å². The van der Waals surface area contributed by atoms with Crippen LogP contribution >= 0.6 is 38.9 Å². The molecule has 2 rings (SSSR count). The maximum absolute atomic E-state index is 5.97. The Kier molecular flexibility index (Phi) is 5.96. The number of rotatable bonds is 6. The Morgan fingerprint density at radius 2 is 2.15 bits per heavy atom. The number of halogens is 2. The van der Waals surface area contributed by atoms with Gasteiger partial charge >= 0.3 is 0 Å². The second-order valence-electron chi connectivity index (χ2n) is 4.48. The van der Waals surface area contributed by atoms with Crippen molar-refractivity contribution in [3.8, 4) is 10.6 Å². The topological polar surface area (TPSA) is 37.8 Å². The van der Waals surface area contributed by atoms with E-state index >= 15 is 0 Å². The van der Waals surface area contributed by atoms with E-state index in [-0.39, 0.29) is 6.04 Å². The summed E-state index contributed by atoms with van der Waals surface area (Å²) in [6, 6.07) is 6.00. The van der Waals surface area contributed by atoms with Crippen LogP contribution in [0.3, 0.4) is 0 Å². The Bertz CT molecular complexity index is 573. The summed E-state index contributed by atoms with van der Waals surface area (Å²) in [6.45, 7) is 5.32. The normalized spacial score (nSPS) is 12.6. The molecule has 0 radical (unpaired) electrons. The molecule has 0 bridgehead atoms. The number of nitrogens with zero attached hydrogens (tertiary/aromatic N) is 2. The van der Waals surface area contributed by atoms with Crippen molar-refractivity contribution in [2.75, 3.05) is 6.54 Å². The first kappa shape index (κ1) is 15.9. The first-order valence-corrected chi connectivity index (χ1v) is 8.66. The maximum Gasteiger partial charge on any atom is 0.148 e. The molecule has 0 aliphatic carbocycles. The van der Waals surface area contributed by atoms with E-state index in [1.54, 1.807) is 11.3 Å². The van der Waals surface area contributed by atoms with Crippen LogP contribution in [-0.2, 0) is 0 Å². The standard InChI is InChI=1S/C14H17BrClN3S/c1-3-7-17-12(4-2)14-19-18-13(20-14)10-6-5-9(16)8-11(10)15/h5-6,8,12,17H,3-4,7H2,1-2H3. The first-order valence-electron chi connectivity index (χ1n) is 6.67. The van der Waals surface area contributed by atoms with E-state index in [1.807, 2.05) is 18.2 Å². The zero-order valence-electron chi connectivity index (χ0n) is 11.5. The van der Waals surface area contributed by atoms with Crippen molar-refractivity contribution in [1.82, 2.24) is 15.5 Å². The summed E-state index contributed by atoms with van der Waals surface area (Å²) in [4.78, 5) is 0. The minimum atomic E-state index is 0.285. The van der Waals surface area contributed by atoms with Gasteiger partial charge in [-0.15, -0.1) is 10.2 Å². The fraction of sp³-hybridized carbons (Fsp3) is 0.429. The lowest BCUT2D eigenvalue weighted by atomic mass is 10.2. The van der Waals surface area contributed by atoms with Gasteiger partial charge in [-0.05, 0) is 37.6 Å². The average Bonchev–Trinajstić information content (AvgIpc) is 2.89. The summed E-state index contributed by atoms with van der Waals surface area (Å²) in [5, 5.41) is 14.8. The predicted molar refractivity (Wildman–Crippen MR) is 89.4 cm³/mol. The highest BCUT2D eigenvalue weighted by Gasteiger charge is 2.16. The molecule has 2 aromatic rings. The Balaban J connectivity index is 2.23. The second-order valence-corrected chi connectivity index (χ2v) is 6.78. The lowest BCUT2D eigenvalue weighted by Crippen LogP contribution is -2.21. The van der Waals surface area contributed by atoms with Crippen LogP contribution in [0.25, 0.3) is 10.6 Å². The zero-order valence-corrected chi connectivity index (χ0v) is 14.6. The number of aromatic nitrogens is 2. The smallest absolute Gasteiger partial charge is 0.148 e. The van der Waals surface area contributed by atoms with Crippen LogP contribution in [0.15, 0.2) is 22.7 Å². The molecule has 0 aliphatic heterocycles. The van der Waals surface area contributed by atoms with E-state index < -0.39 is 0 Å². The monoisotopic (exact) mass is 373 g/mol. The summed E-state index contributed by atoms with van der Waals surface area (Å²) in [6.07, 6.45) is 2.13. The van der Waals surface area contributed by atoms with Gasteiger partial charge in [-0.2, -0.15) is 0 Å². The fourth-order valence-electron chi connectivity index (χ4n) is 1.87. The Morgan fingerprint density at radius 1 is 1.35 bits per heavy atom. The van der Waals surface area contributed by atoms with Gasteiger partial charge in [0.05, 0.1) is 6.04 Å². The molecule has 1 aromatic carbocycles. The predicted octanol–water partition coefficient (Wildman–Crippen LogP) is 5.07. The first-order chi connectivity index (χ1) is 9.65. The molecule has 1 unspecified atom stereocenters. The molecule has 1 aromatic heterocycles. The highest BCUT2D eigenvalue weighted by atomic mass is 79.9. The summed E-state index contributed by atoms with van der Waals surface area (Å²) in [5.74, 6) is 0. The molecule has 1 N–H and O–H groups in total. The van der Waals surface area contributed by atoms with Gasteiger partial charge in [-0.25, -0.2) is 0 Å². The maximum atomic E-state index is 5.97. The van der Waals surface area contributed by atoms with Gasteiger partial charge in [0.2, 0.25) is 0 Å². The van der Waals surface area contributed by atoms with E-state index in [4.69, 9.17) is 11.6 Å². The summed E-state index contributed by atoms with van der Waals surface area (Å²) >= 11 is 11.1. The molecule has 1 heterocycles. The van der Waals surface area contributed by atoms with Crippen molar-refractivity contribution in [2.45, 2.75) is 32.7 Å². The van der Waals surface area contributed by atoms with Crippen molar-refractivity contribution in [3.63, 3.8) is 0 Å². The minimum Gasteiger partial charge on any atom is -0.308 e. The van der Waals surface area contributed by atoms with Crippen molar-refractivity contribution in [1.29, 1.82) is 0 Å². The second kappa shape index (κ2) is 7.50. The fourth-order valence-corrected chi connectivity index (χ4v) is 3.92. The van der Waals surface area contributed by atoms with Gasteiger partial charge in [0.15, 0.2) is 0 Å². The SMILES string of the molecule is CCCNC(CC)c1nnc(-c2ccc(Cl)cc2Br)s1. The molecule has 0 saturated carbocycles. The molecule has 0 fully saturated rings. The van der Waals surface area contributed by atoms with E-state index in [0.29, 0.717) is 5.02 Å². The third-order valence-corrected chi connectivity index (χ3v) is 4.91. The highest BCUT2D eigenvalue weighted by molar-refractivity contribution is 9.10. The summed E-state index contributed by atoms with van der Waals surface area (Å²) < 4.78 is 0.947. The van der Waals surface area contributed by atoms with Gasteiger partial charge in [0, 0.05) is 15.1 Å².